The fourth-order valence-corrected chi connectivity index (χ4v) is 6.96. The van der Waals surface area contributed by atoms with Crippen molar-refractivity contribution >= 4 is 21.8 Å². The van der Waals surface area contributed by atoms with E-state index in [0.29, 0.717) is 5.82 Å². The number of nitrogens with zero attached hydrogens (tertiary/aromatic N) is 4. The molecule has 0 aliphatic rings. The minimum absolute atomic E-state index is 0.708. The van der Waals surface area contributed by atoms with Gasteiger partial charge in [0, 0.05) is 38.7 Å². The van der Waals surface area contributed by atoms with Crippen molar-refractivity contribution < 1.29 is 0 Å². The first-order chi connectivity index (χ1) is 25.6. The number of aryl methyl sites for hydroxylation is 2. The van der Waals surface area contributed by atoms with Crippen LogP contribution in [0.15, 0.2) is 170 Å². The van der Waals surface area contributed by atoms with Crippen LogP contribution in [0.5, 0.6) is 0 Å². The van der Waals surface area contributed by atoms with Crippen molar-refractivity contribution in [2.24, 2.45) is 0 Å². The van der Waals surface area contributed by atoms with Crippen LogP contribution in [0.2, 0.25) is 0 Å². The van der Waals surface area contributed by atoms with Gasteiger partial charge in [0.05, 0.1) is 28.1 Å². The number of hydrogen-bond donors (Lipinski definition) is 0. The fraction of sp³-hybridized carbons (Fsp3) is 0.0417. The zero-order chi connectivity index (χ0) is 35.0. The first-order valence-electron chi connectivity index (χ1n) is 17.6. The van der Waals surface area contributed by atoms with Crippen LogP contribution in [0.1, 0.15) is 11.3 Å². The van der Waals surface area contributed by atoms with Gasteiger partial charge in [-0.25, -0.2) is 15.0 Å². The predicted octanol–water partition coefficient (Wildman–Crippen LogP) is 12.2. The lowest BCUT2D eigenvalue weighted by atomic mass is 9.98. The van der Waals surface area contributed by atoms with E-state index in [2.05, 4.69) is 140 Å². The predicted molar refractivity (Wildman–Crippen MR) is 215 cm³/mol. The number of pyridine rings is 2. The van der Waals surface area contributed by atoms with Crippen LogP contribution < -0.4 is 0 Å². The average Bonchev–Trinajstić information content (AvgIpc) is 3.21. The SMILES string of the molecule is Cc1cc(C)c2ccc3ccc(-c4ccc(-c5ccc(-c6ccc(-c7nc(-c8ccccc8)cc(-c8ccccc8)n7)cc6)cc5)cc4)nc3c2n1. The van der Waals surface area contributed by atoms with Crippen molar-refractivity contribution in [2.45, 2.75) is 13.8 Å². The Morgan fingerprint density at radius 2 is 0.788 bits per heavy atom. The normalized spacial score (nSPS) is 11.3. The molecule has 0 spiro atoms. The number of hydrogen-bond acceptors (Lipinski definition) is 4. The highest BCUT2D eigenvalue weighted by atomic mass is 14.9. The number of rotatable bonds is 6. The molecule has 4 nitrogen and oxygen atoms in total. The van der Waals surface area contributed by atoms with E-state index < -0.39 is 0 Å². The molecule has 0 amide bonds. The largest absolute Gasteiger partial charge is 0.251 e. The van der Waals surface area contributed by atoms with Gasteiger partial charge >= 0.3 is 0 Å². The molecule has 4 heteroatoms. The quantitative estimate of drug-likeness (QED) is 0.166. The Hall–Kier alpha value is -6.78. The molecule has 0 unspecified atom stereocenters. The van der Waals surface area contributed by atoms with Crippen LogP contribution in [0.25, 0.3) is 89.2 Å². The van der Waals surface area contributed by atoms with Crippen molar-refractivity contribution in [1.29, 1.82) is 0 Å². The van der Waals surface area contributed by atoms with Gasteiger partial charge < -0.3 is 0 Å². The number of benzene rings is 6. The highest BCUT2D eigenvalue weighted by molar-refractivity contribution is 6.04. The standard InChI is InChI=1S/C48H34N4/c1-31-29-32(2)49-47-42(31)27-25-40-26-28-43(50-46(40)47)39-21-17-35(18-22-39)33-13-15-34(16-14-33)36-19-23-41(24-20-36)48-51-44(37-9-5-3-6-10-37)30-45(52-48)38-11-7-4-8-12-38/h3-30H,1-2H3. The number of aromatic nitrogens is 4. The Bertz CT molecular complexity index is 2650. The second kappa shape index (κ2) is 13.2. The minimum atomic E-state index is 0.708. The van der Waals surface area contributed by atoms with Gasteiger partial charge in [0.2, 0.25) is 0 Å². The van der Waals surface area contributed by atoms with E-state index in [0.717, 1.165) is 83.5 Å². The van der Waals surface area contributed by atoms with E-state index in [9.17, 15) is 0 Å². The van der Waals surface area contributed by atoms with Gasteiger partial charge in [-0.15, -0.1) is 0 Å². The van der Waals surface area contributed by atoms with E-state index in [1.807, 2.05) is 43.3 Å². The molecule has 6 aromatic carbocycles. The van der Waals surface area contributed by atoms with Crippen LogP contribution in [0, 0.1) is 13.8 Å². The maximum Gasteiger partial charge on any atom is 0.160 e. The molecule has 3 heterocycles. The van der Waals surface area contributed by atoms with Crippen molar-refractivity contribution in [2.75, 3.05) is 0 Å². The van der Waals surface area contributed by atoms with Gasteiger partial charge in [-0.05, 0) is 59.9 Å². The number of fused-ring (bicyclic) bond motifs is 3. The zero-order valence-electron chi connectivity index (χ0n) is 29.0. The lowest BCUT2D eigenvalue weighted by Crippen LogP contribution is -1.95. The minimum Gasteiger partial charge on any atom is -0.251 e. The summed E-state index contributed by atoms with van der Waals surface area (Å²) < 4.78 is 0. The van der Waals surface area contributed by atoms with Crippen molar-refractivity contribution in [3.63, 3.8) is 0 Å². The van der Waals surface area contributed by atoms with Gasteiger partial charge in [0.15, 0.2) is 5.82 Å². The van der Waals surface area contributed by atoms with E-state index in [1.54, 1.807) is 0 Å². The van der Waals surface area contributed by atoms with Crippen LogP contribution >= 0.6 is 0 Å². The summed E-state index contributed by atoms with van der Waals surface area (Å²) in [7, 11) is 0. The Balaban J connectivity index is 0.966. The van der Waals surface area contributed by atoms with Gasteiger partial charge in [0.25, 0.3) is 0 Å². The third kappa shape index (κ3) is 6.01. The summed E-state index contributed by atoms with van der Waals surface area (Å²) in [5, 5.41) is 2.25. The van der Waals surface area contributed by atoms with Gasteiger partial charge in [-0.3, -0.25) is 4.98 Å². The third-order valence-electron chi connectivity index (χ3n) is 9.71. The summed E-state index contributed by atoms with van der Waals surface area (Å²) in [6.07, 6.45) is 0. The molecule has 52 heavy (non-hydrogen) atoms. The topological polar surface area (TPSA) is 51.6 Å². The molecule has 9 rings (SSSR count). The zero-order valence-corrected chi connectivity index (χ0v) is 29.0. The van der Waals surface area contributed by atoms with Gasteiger partial charge in [-0.1, -0.05) is 152 Å². The summed E-state index contributed by atoms with van der Waals surface area (Å²) in [5.74, 6) is 0.708. The molecule has 0 aliphatic carbocycles. The Labute approximate surface area is 303 Å². The van der Waals surface area contributed by atoms with Crippen LogP contribution in [-0.4, -0.2) is 19.9 Å². The van der Waals surface area contributed by atoms with Crippen molar-refractivity contribution in [3.8, 4) is 67.4 Å². The second-order valence-corrected chi connectivity index (χ2v) is 13.2. The van der Waals surface area contributed by atoms with Crippen LogP contribution in [0.3, 0.4) is 0 Å². The Morgan fingerprint density at radius 3 is 1.33 bits per heavy atom. The lowest BCUT2D eigenvalue weighted by Gasteiger charge is -2.10. The maximum atomic E-state index is 5.09. The van der Waals surface area contributed by atoms with Gasteiger partial charge in [-0.2, -0.15) is 0 Å². The highest BCUT2D eigenvalue weighted by Crippen LogP contribution is 2.32. The molecule has 9 aromatic rings. The molecule has 0 N–H and O–H groups in total. The first kappa shape index (κ1) is 31.2. The molecule has 0 saturated carbocycles. The summed E-state index contributed by atoms with van der Waals surface area (Å²) in [4.78, 5) is 19.9. The smallest absolute Gasteiger partial charge is 0.160 e. The molecule has 0 aliphatic heterocycles. The summed E-state index contributed by atoms with van der Waals surface area (Å²) in [6.45, 7) is 4.18. The summed E-state index contributed by atoms with van der Waals surface area (Å²) in [6, 6.07) is 59.2. The molecular formula is C48H34N4. The first-order valence-corrected chi connectivity index (χ1v) is 17.6. The van der Waals surface area contributed by atoms with E-state index >= 15 is 0 Å². The third-order valence-corrected chi connectivity index (χ3v) is 9.71. The molecule has 0 fully saturated rings. The maximum absolute atomic E-state index is 5.09. The van der Waals surface area contributed by atoms with Crippen LogP contribution in [-0.2, 0) is 0 Å². The molecule has 0 atom stereocenters. The second-order valence-electron chi connectivity index (χ2n) is 13.2. The molecule has 0 bridgehead atoms. The van der Waals surface area contributed by atoms with Crippen molar-refractivity contribution in [3.05, 3.63) is 181 Å². The molecule has 3 aromatic heterocycles. The fourth-order valence-electron chi connectivity index (χ4n) is 6.96. The average molecular weight is 667 g/mol. The van der Waals surface area contributed by atoms with Crippen molar-refractivity contribution in [1.82, 2.24) is 19.9 Å². The van der Waals surface area contributed by atoms with E-state index in [-0.39, 0.29) is 0 Å². The highest BCUT2D eigenvalue weighted by Gasteiger charge is 2.12. The molecule has 0 radical (unpaired) electrons. The summed E-state index contributed by atoms with van der Waals surface area (Å²) in [5.41, 5.74) is 15.7. The monoisotopic (exact) mass is 666 g/mol. The van der Waals surface area contributed by atoms with Crippen LogP contribution in [0.4, 0.5) is 0 Å². The Morgan fingerprint density at radius 1 is 0.327 bits per heavy atom. The van der Waals surface area contributed by atoms with E-state index in [4.69, 9.17) is 19.9 Å². The lowest BCUT2D eigenvalue weighted by molar-refractivity contribution is 1.18. The van der Waals surface area contributed by atoms with E-state index in [1.165, 1.54) is 11.1 Å². The molecule has 0 saturated heterocycles. The summed E-state index contributed by atoms with van der Waals surface area (Å²) >= 11 is 0. The van der Waals surface area contributed by atoms with Gasteiger partial charge in [0.1, 0.15) is 0 Å². The molecular weight excluding hydrogens is 633 g/mol. The Kier molecular flexibility index (Phi) is 7.90. The molecule has 246 valence electrons.